The van der Waals surface area contributed by atoms with E-state index in [2.05, 4.69) is 11.4 Å². The molecule has 1 unspecified atom stereocenters. The highest BCUT2D eigenvalue weighted by Crippen LogP contribution is 2.26. The van der Waals surface area contributed by atoms with Crippen LogP contribution in [0.25, 0.3) is 0 Å². The number of amides is 1. The highest BCUT2D eigenvalue weighted by atomic mass is 35.5. The Morgan fingerprint density at radius 3 is 3.06 bits per heavy atom. The summed E-state index contributed by atoms with van der Waals surface area (Å²) in [4.78, 5) is 13.3. The Bertz CT molecular complexity index is 511. The summed E-state index contributed by atoms with van der Waals surface area (Å²) < 4.78 is 0. The maximum atomic E-state index is 11.4. The second kappa shape index (κ2) is 5.25. The van der Waals surface area contributed by atoms with Crippen LogP contribution in [0.2, 0.25) is 5.02 Å². The van der Waals surface area contributed by atoms with Gasteiger partial charge in [-0.25, -0.2) is 0 Å². The van der Waals surface area contributed by atoms with Gasteiger partial charge in [-0.1, -0.05) is 11.6 Å². The largest absolute Gasteiger partial charge is 0.368 e. The number of carbonyl (C=O) groups excluding carboxylic acids is 1. The van der Waals surface area contributed by atoms with Crippen LogP contribution in [0.4, 0.5) is 5.69 Å². The molecule has 6 heteroatoms. The predicted molar refractivity (Wildman–Crippen MR) is 69.4 cm³/mol. The van der Waals surface area contributed by atoms with Gasteiger partial charge in [0.25, 0.3) is 0 Å². The third-order valence-corrected chi connectivity index (χ3v) is 3.20. The van der Waals surface area contributed by atoms with Crippen LogP contribution in [0.1, 0.15) is 5.56 Å². The number of primary amides is 1. The molecule has 1 amide bonds. The van der Waals surface area contributed by atoms with E-state index in [9.17, 15) is 4.79 Å². The van der Waals surface area contributed by atoms with Crippen LogP contribution in [0.3, 0.4) is 0 Å². The van der Waals surface area contributed by atoms with Gasteiger partial charge in [0.15, 0.2) is 0 Å². The van der Waals surface area contributed by atoms with E-state index in [4.69, 9.17) is 22.6 Å². The number of hydrogen-bond acceptors (Lipinski definition) is 4. The van der Waals surface area contributed by atoms with E-state index in [1.807, 2.05) is 4.90 Å². The molecule has 0 radical (unpaired) electrons. The average Bonchev–Trinajstić information content (AvgIpc) is 2.38. The molecule has 0 aliphatic carbocycles. The summed E-state index contributed by atoms with van der Waals surface area (Å²) in [5.41, 5.74) is 6.54. The fourth-order valence-electron chi connectivity index (χ4n) is 2.08. The molecule has 1 aromatic rings. The van der Waals surface area contributed by atoms with Crippen molar-refractivity contribution in [2.45, 2.75) is 6.04 Å². The van der Waals surface area contributed by atoms with Crippen molar-refractivity contribution in [2.75, 3.05) is 24.5 Å². The number of nitrogens with one attached hydrogen (secondary N) is 1. The molecule has 1 saturated heterocycles. The normalized spacial score (nSPS) is 19.3. The van der Waals surface area contributed by atoms with Gasteiger partial charge >= 0.3 is 0 Å². The van der Waals surface area contributed by atoms with Crippen LogP contribution < -0.4 is 16.0 Å². The molecule has 0 spiro atoms. The fourth-order valence-corrected chi connectivity index (χ4v) is 2.25. The number of rotatable bonds is 2. The molecule has 5 nitrogen and oxygen atoms in total. The minimum absolute atomic E-state index is 0.411. The maximum Gasteiger partial charge on any atom is 0.241 e. The Morgan fingerprint density at radius 2 is 2.39 bits per heavy atom. The molecule has 3 N–H and O–H groups in total. The lowest BCUT2D eigenvalue weighted by atomic mass is 10.1. The van der Waals surface area contributed by atoms with E-state index < -0.39 is 11.9 Å². The van der Waals surface area contributed by atoms with Crippen molar-refractivity contribution >= 4 is 23.2 Å². The monoisotopic (exact) mass is 264 g/mol. The van der Waals surface area contributed by atoms with Crippen molar-refractivity contribution in [1.29, 1.82) is 5.26 Å². The standard InChI is InChI=1S/C12H13ClN4O/c13-9-2-1-8(6-14)10(5-9)17-4-3-16-7-11(17)12(15)18/h1-2,5,11,16H,3-4,7H2,(H2,15,18). The number of nitrogens with two attached hydrogens (primary N) is 1. The van der Waals surface area contributed by atoms with E-state index >= 15 is 0 Å². The molecule has 18 heavy (non-hydrogen) atoms. The van der Waals surface area contributed by atoms with Crippen LogP contribution in [0.5, 0.6) is 0 Å². The summed E-state index contributed by atoms with van der Waals surface area (Å²) in [6.07, 6.45) is 0. The van der Waals surface area contributed by atoms with Gasteiger partial charge in [-0.05, 0) is 18.2 Å². The Kier molecular flexibility index (Phi) is 3.70. The fraction of sp³-hybridized carbons (Fsp3) is 0.333. The smallest absolute Gasteiger partial charge is 0.241 e. The second-order valence-electron chi connectivity index (χ2n) is 4.09. The number of nitrogens with zero attached hydrogens (tertiary/aromatic N) is 2. The third kappa shape index (κ3) is 2.40. The Hall–Kier alpha value is -1.77. The zero-order valence-electron chi connectivity index (χ0n) is 9.69. The topological polar surface area (TPSA) is 82.2 Å². The van der Waals surface area contributed by atoms with Crippen molar-refractivity contribution in [2.24, 2.45) is 5.73 Å². The molecule has 1 aliphatic rings. The van der Waals surface area contributed by atoms with Gasteiger partial charge in [0.2, 0.25) is 5.91 Å². The number of carbonyl (C=O) groups is 1. The number of hydrogen-bond donors (Lipinski definition) is 2. The first-order valence-electron chi connectivity index (χ1n) is 5.60. The summed E-state index contributed by atoms with van der Waals surface area (Å²) in [6.45, 7) is 1.83. The molecule has 2 rings (SSSR count). The molecule has 1 aliphatic heterocycles. The summed E-state index contributed by atoms with van der Waals surface area (Å²) >= 11 is 5.95. The van der Waals surface area contributed by atoms with Gasteiger partial charge in [0.1, 0.15) is 12.1 Å². The van der Waals surface area contributed by atoms with Gasteiger partial charge in [0, 0.05) is 24.7 Å². The highest BCUT2D eigenvalue weighted by Gasteiger charge is 2.28. The van der Waals surface area contributed by atoms with Crippen LogP contribution >= 0.6 is 11.6 Å². The number of nitriles is 1. The zero-order chi connectivity index (χ0) is 13.1. The van der Waals surface area contributed by atoms with Crippen LogP contribution in [-0.4, -0.2) is 31.6 Å². The third-order valence-electron chi connectivity index (χ3n) is 2.96. The first-order chi connectivity index (χ1) is 8.63. The first-order valence-corrected chi connectivity index (χ1v) is 5.97. The van der Waals surface area contributed by atoms with Crippen LogP contribution in [0, 0.1) is 11.3 Å². The lowest BCUT2D eigenvalue weighted by molar-refractivity contribution is -0.119. The van der Waals surface area contributed by atoms with Gasteiger partial charge in [-0.2, -0.15) is 5.26 Å². The second-order valence-corrected chi connectivity index (χ2v) is 4.53. The molecule has 1 atom stereocenters. The van der Waals surface area contributed by atoms with E-state index in [1.54, 1.807) is 18.2 Å². The molecule has 0 aromatic heterocycles. The van der Waals surface area contributed by atoms with Crippen LogP contribution in [-0.2, 0) is 4.79 Å². The average molecular weight is 265 g/mol. The minimum atomic E-state index is -0.454. The van der Waals surface area contributed by atoms with Crippen molar-refractivity contribution in [1.82, 2.24) is 5.32 Å². The van der Waals surface area contributed by atoms with Crippen molar-refractivity contribution in [3.05, 3.63) is 28.8 Å². The summed E-state index contributed by atoms with van der Waals surface area (Å²) in [6, 6.07) is 6.66. The predicted octanol–water partition coefficient (Wildman–Crippen LogP) is 0.475. The molecule has 94 valence electrons. The Morgan fingerprint density at radius 1 is 1.61 bits per heavy atom. The van der Waals surface area contributed by atoms with Gasteiger partial charge in [-0.15, -0.1) is 0 Å². The number of halogens is 1. The molecular weight excluding hydrogens is 252 g/mol. The number of piperazine rings is 1. The molecule has 0 bridgehead atoms. The van der Waals surface area contributed by atoms with E-state index in [0.29, 0.717) is 29.4 Å². The molecular formula is C12H13ClN4O. The Labute approximate surface area is 110 Å². The summed E-state index contributed by atoms with van der Waals surface area (Å²) in [5, 5.41) is 12.8. The van der Waals surface area contributed by atoms with Gasteiger partial charge < -0.3 is 16.0 Å². The maximum absolute atomic E-state index is 11.4. The molecule has 1 heterocycles. The van der Waals surface area contributed by atoms with E-state index in [1.165, 1.54) is 0 Å². The summed E-state index contributed by atoms with van der Waals surface area (Å²) in [7, 11) is 0. The van der Waals surface area contributed by atoms with Crippen molar-refractivity contribution < 1.29 is 4.79 Å². The van der Waals surface area contributed by atoms with Crippen LogP contribution in [0.15, 0.2) is 18.2 Å². The first kappa shape index (κ1) is 12.7. The Balaban J connectivity index is 2.42. The summed E-state index contributed by atoms with van der Waals surface area (Å²) in [5.74, 6) is -0.411. The van der Waals surface area contributed by atoms with Crippen molar-refractivity contribution in [3.8, 4) is 6.07 Å². The minimum Gasteiger partial charge on any atom is -0.368 e. The van der Waals surface area contributed by atoms with Gasteiger partial charge in [0.05, 0.1) is 11.3 Å². The quantitative estimate of drug-likeness (QED) is 0.814. The van der Waals surface area contributed by atoms with Crippen molar-refractivity contribution in [3.63, 3.8) is 0 Å². The molecule has 0 saturated carbocycles. The number of benzene rings is 1. The lowest BCUT2D eigenvalue weighted by Crippen LogP contribution is -2.57. The zero-order valence-corrected chi connectivity index (χ0v) is 10.4. The van der Waals surface area contributed by atoms with E-state index in [0.717, 1.165) is 6.54 Å². The SMILES string of the molecule is N#Cc1ccc(Cl)cc1N1CCNCC1C(N)=O. The lowest BCUT2D eigenvalue weighted by Gasteiger charge is -2.36. The number of anilines is 1. The molecule has 1 aromatic carbocycles. The molecule has 1 fully saturated rings. The van der Waals surface area contributed by atoms with E-state index in [-0.39, 0.29) is 0 Å². The highest BCUT2D eigenvalue weighted by molar-refractivity contribution is 6.30. The van der Waals surface area contributed by atoms with Gasteiger partial charge in [-0.3, -0.25) is 4.79 Å².